The number of hydrogen-bond acceptors (Lipinski definition) is 4. The Bertz CT molecular complexity index is 1640. The highest BCUT2D eigenvalue weighted by molar-refractivity contribution is 5.96. The Hall–Kier alpha value is -4.91. The number of nitrogens with zero attached hydrogens (tertiary/aromatic N) is 2. The number of rotatable bonds is 9. The fourth-order valence-electron chi connectivity index (χ4n) is 4.84. The monoisotopic (exact) mass is 533 g/mol. The van der Waals surface area contributed by atoms with Gasteiger partial charge in [-0.2, -0.15) is 0 Å². The molecule has 0 fully saturated rings. The van der Waals surface area contributed by atoms with Gasteiger partial charge in [-0.15, -0.1) is 0 Å². The van der Waals surface area contributed by atoms with E-state index in [4.69, 9.17) is 9.72 Å². The zero-order valence-corrected chi connectivity index (χ0v) is 22.5. The lowest BCUT2D eigenvalue weighted by Crippen LogP contribution is -2.26. The van der Waals surface area contributed by atoms with Crippen molar-refractivity contribution in [2.75, 3.05) is 0 Å². The van der Waals surface area contributed by atoms with Crippen LogP contribution in [0.4, 0.5) is 4.79 Å². The lowest BCUT2D eigenvalue weighted by Gasteiger charge is -2.21. The summed E-state index contributed by atoms with van der Waals surface area (Å²) in [5, 5.41) is 12.5. The lowest BCUT2D eigenvalue weighted by molar-refractivity contribution is 0.0697. The number of alkyl carbamates (subject to hydrolysis) is 1. The van der Waals surface area contributed by atoms with E-state index < -0.39 is 18.2 Å². The van der Waals surface area contributed by atoms with Crippen LogP contribution < -0.4 is 5.32 Å². The van der Waals surface area contributed by atoms with Crippen molar-refractivity contribution in [3.05, 3.63) is 131 Å². The number of imidazole rings is 1. The van der Waals surface area contributed by atoms with Crippen molar-refractivity contribution in [2.45, 2.75) is 39.3 Å². The molecule has 0 aliphatic heterocycles. The summed E-state index contributed by atoms with van der Waals surface area (Å²) >= 11 is 0. The molecule has 1 atom stereocenters. The van der Waals surface area contributed by atoms with Gasteiger partial charge in [0.25, 0.3) is 0 Å². The number of amides is 1. The molecular weight excluding hydrogens is 502 g/mol. The van der Waals surface area contributed by atoms with E-state index in [9.17, 15) is 14.7 Å². The summed E-state index contributed by atoms with van der Waals surface area (Å²) in [6.07, 6.45) is 2.56. The minimum absolute atomic E-state index is 0.227. The van der Waals surface area contributed by atoms with Crippen LogP contribution >= 0.6 is 0 Å². The number of nitrogens with one attached hydrogen (secondary N) is 1. The Kier molecular flexibility index (Phi) is 7.92. The van der Waals surface area contributed by atoms with Crippen LogP contribution in [0.15, 0.2) is 97.2 Å². The first kappa shape index (κ1) is 26.7. The fourth-order valence-corrected chi connectivity index (χ4v) is 4.84. The van der Waals surface area contributed by atoms with E-state index in [0.717, 1.165) is 52.1 Å². The molecule has 40 heavy (non-hydrogen) atoms. The molecule has 0 radical (unpaired) electrons. The fraction of sp³-hybridized carbons (Fsp3) is 0.182. The number of aryl methyl sites for hydroxylation is 2. The third kappa shape index (κ3) is 5.73. The van der Waals surface area contributed by atoms with E-state index in [1.54, 1.807) is 18.2 Å². The SMILES string of the molecule is CCCc1cn2c([C@H](OC(=O)NCc3ccccc3)c3ccc(-c4ccccc4C(=O)O)cc3)ccc(C)c2n1. The first-order valence-corrected chi connectivity index (χ1v) is 13.3. The quantitative estimate of drug-likeness (QED) is 0.213. The van der Waals surface area contributed by atoms with Crippen LogP contribution in [-0.2, 0) is 17.7 Å². The Morgan fingerprint density at radius 3 is 2.40 bits per heavy atom. The highest BCUT2D eigenvalue weighted by atomic mass is 16.6. The maximum absolute atomic E-state index is 13.1. The third-order valence-electron chi connectivity index (χ3n) is 6.85. The Morgan fingerprint density at radius 1 is 0.950 bits per heavy atom. The number of carbonyl (C=O) groups excluding carboxylic acids is 1. The molecule has 0 spiro atoms. The minimum atomic E-state index is -0.985. The van der Waals surface area contributed by atoms with Crippen LogP contribution in [0.3, 0.4) is 0 Å². The van der Waals surface area contributed by atoms with E-state index in [0.29, 0.717) is 12.1 Å². The molecule has 5 rings (SSSR count). The predicted molar refractivity (Wildman–Crippen MR) is 154 cm³/mol. The van der Waals surface area contributed by atoms with Crippen LogP contribution in [0.25, 0.3) is 16.8 Å². The molecule has 3 aromatic carbocycles. The minimum Gasteiger partial charge on any atom is -0.478 e. The van der Waals surface area contributed by atoms with Crippen molar-refractivity contribution in [1.82, 2.24) is 14.7 Å². The Labute approximate surface area is 233 Å². The predicted octanol–water partition coefficient (Wildman–Crippen LogP) is 6.98. The number of ether oxygens (including phenoxy) is 1. The van der Waals surface area contributed by atoms with Gasteiger partial charge in [0.1, 0.15) is 5.65 Å². The van der Waals surface area contributed by atoms with Crippen molar-refractivity contribution < 1.29 is 19.4 Å². The van der Waals surface area contributed by atoms with Crippen LogP contribution in [0, 0.1) is 6.92 Å². The molecule has 1 amide bonds. The number of benzene rings is 3. The van der Waals surface area contributed by atoms with E-state index in [1.807, 2.05) is 90.3 Å². The zero-order chi connectivity index (χ0) is 28.1. The summed E-state index contributed by atoms with van der Waals surface area (Å²) in [6, 6.07) is 28.0. The number of carboxylic acids is 1. The van der Waals surface area contributed by atoms with Gasteiger partial charge >= 0.3 is 12.1 Å². The molecule has 202 valence electrons. The molecular formula is C33H31N3O4. The first-order chi connectivity index (χ1) is 19.4. The van der Waals surface area contributed by atoms with Crippen molar-refractivity contribution in [3.63, 3.8) is 0 Å². The molecule has 0 unspecified atom stereocenters. The third-order valence-corrected chi connectivity index (χ3v) is 6.85. The van der Waals surface area contributed by atoms with Gasteiger partial charge in [0.05, 0.1) is 17.0 Å². The van der Waals surface area contributed by atoms with E-state index in [1.165, 1.54) is 0 Å². The second kappa shape index (κ2) is 11.9. The molecule has 0 aliphatic rings. The van der Waals surface area contributed by atoms with E-state index >= 15 is 0 Å². The van der Waals surface area contributed by atoms with Crippen LogP contribution in [0.1, 0.15) is 57.9 Å². The highest BCUT2D eigenvalue weighted by Crippen LogP contribution is 2.31. The number of aromatic carboxylic acids is 1. The normalized spacial score (nSPS) is 11.8. The molecule has 7 nitrogen and oxygen atoms in total. The van der Waals surface area contributed by atoms with Crippen LogP contribution in [0.2, 0.25) is 0 Å². The number of hydrogen-bond donors (Lipinski definition) is 2. The van der Waals surface area contributed by atoms with E-state index in [2.05, 4.69) is 12.2 Å². The van der Waals surface area contributed by atoms with Gasteiger partial charge < -0.3 is 15.2 Å². The average Bonchev–Trinajstić information content (AvgIpc) is 3.41. The molecule has 2 heterocycles. The van der Waals surface area contributed by atoms with Gasteiger partial charge in [-0.25, -0.2) is 14.6 Å². The van der Waals surface area contributed by atoms with Crippen molar-refractivity contribution in [2.24, 2.45) is 0 Å². The van der Waals surface area contributed by atoms with Crippen LogP contribution in [-0.4, -0.2) is 26.6 Å². The second-order valence-corrected chi connectivity index (χ2v) is 9.71. The summed E-state index contributed by atoms with van der Waals surface area (Å²) in [4.78, 5) is 29.7. The number of carboxylic acid groups (broad SMARTS) is 1. The molecule has 0 saturated carbocycles. The van der Waals surface area contributed by atoms with Gasteiger partial charge in [-0.05, 0) is 53.3 Å². The number of carbonyl (C=O) groups is 2. The van der Waals surface area contributed by atoms with Gasteiger partial charge in [0.15, 0.2) is 6.10 Å². The molecule has 5 aromatic rings. The standard InChI is InChI=1S/C33H31N3O4/c1-3-9-26-21-36-29(19-14-22(2)31(36)35-26)30(40-33(39)34-20-23-10-5-4-6-11-23)25-17-15-24(16-18-25)27-12-7-8-13-28(27)32(37)38/h4-8,10-19,21,30H,3,9,20H2,1-2H3,(H,34,39)(H,37,38)/t30-/m1/s1. The van der Waals surface area contributed by atoms with Gasteiger partial charge in [0.2, 0.25) is 0 Å². The van der Waals surface area contributed by atoms with Crippen molar-refractivity contribution in [3.8, 4) is 11.1 Å². The average molecular weight is 534 g/mol. The summed E-state index contributed by atoms with van der Waals surface area (Å²) in [6.45, 7) is 4.47. The smallest absolute Gasteiger partial charge is 0.408 e. The summed E-state index contributed by atoms with van der Waals surface area (Å²) in [7, 11) is 0. The maximum atomic E-state index is 13.1. The highest BCUT2D eigenvalue weighted by Gasteiger charge is 2.23. The topological polar surface area (TPSA) is 92.9 Å². The van der Waals surface area contributed by atoms with Crippen LogP contribution in [0.5, 0.6) is 0 Å². The maximum Gasteiger partial charge on any atom is 0.408 e. The number of aromatic nitrogens is 2. The number of fused-ring (bicyclic) bond motifs is 1. The zero-order valence-electron chi connectivity index (χ0n) is 22.5. The number of pyridine rings is 1. The largest absolute Gasteiger partial charge is 0.478 e. The molecule has 7 heteroatoms. The van der Waals surface area contributed by atoms with Gasteiger partial charge in [0, 0.05) is 12.7 Å². The van der Waals surface area contributed by atoms with E-state index in [-0.39, 0.29) is 5.56 Å². The van der Waals surface area contributed by atoms with Gasteiger partial charge in [-0.1, -0.05) is 92.2 Å². The van der Waals surface area contributed by atoms with Crippen molar-refractivity contribution >= 4 is 17.7 Å². The summed E-state index contributed by atoms with van der Waals surface area (Å²) in [5.74, 6) is -0.985. The second-order valence-electron chi connectivity index (χ2n) is 9.71. The summed E-state index contributed by atoms with van der Waals surface area (Å²) < 4.78 is 8.08. The molecule has 2 aromatic heterocycles. The van der Waals surface area contributed by atoms with Gasteiger partial charge in [-0.3, -0.25) is 4.40 Å². The Morgan fingerprint density at radius 2 is 1.68 bits per heavy atom. The molecule has 0 aliphatic carbocycles. The lowest BCUT2D eigenvalue weighted by atomic mass is 9.97. The molecule has 0 bridgehead atoms. The first-order valence-electron chi connectivity index (χ1n) is 13.3. The molecule has 0 saturated heterocycles. The molecule has 2 N–H and O–H groups in total. The Balaban J connectivity index is 1.52. The summed E-state index contributed by atoms with van der Waals surface area (Å²) in [5.41, 5.74) is 6.93. The van der Waals surface area contributed by atoms with Crippen molar-refractivity contribution in [1.29, 1.82) is 0 Å².